The summed E-state index contributed by atoms with van der Waals surface area (Å²) in [6, 6.07) is 0. The Morgan fingerprint density at radius 3 is 1.29 bits per heavy atom. The van der Waals surface area contributed by atoms with Crippen molar-refractivity contribution in [2.75, 3.05) is 9.86 Å². The summed E-state index contributed by atoms with van der Waals surface area (Å²) in [4.78, 5) is 2.56. The monoisotopic (exact) mass is 226 g/mol. The molecule has 0 rings (SSSR count). The van der Waals surface area contributed by atoms with Crippen molar-refractivity contribution in [3.8, 4) is 0 Å². The summed E-state index contributed by atoms with van der Waals surface area (Å²) in [6.45, 7) is 0. The van der Waals surface area contributed by atoms with E-state index in [0.717, 1.165) is 0 Å². The van der Waals surface area contributed by atoms with Gasteiger partial charge < -0.3 is 0 Å². The molecular weight excluding hydrogens is 220 g/mol. The van der Waals surface area contributed by atoms with E-state index in [1.165, 1.54) is 9.86 Å². The molecule has 0 fully saturated rings. The Bertz CT molecular complexity index is 55.7. The van der Waals surface area contributed by atoms with E-state index in [-0.39, 0.29) is 0 Å². The molecule has 0 aliphatic rings. The van der Waals surface area contributed by atoms with Gasteiger partial charge in [-0.05, 0) is 0 Å². The Morgan fingerprint density at radius 2 is 1.29 bits per heavy atom. The Morgan fingerprint density at radius 1 is 1.14 bits per heavy atom. The van der Waals surface area contributed by atoms with Gasteiger partial charge in [0, 0.05) is 0 Å². The first kappa shape index (κ1) is 7.52. The number of rotatable bonds is 0. The first-order valence-electron chi connectivity index (χ1n) is 1.51. The number of alkyl halides is 6. The maximum absolute atomic E-state index is 11.2. The quantitative estimate of drug-likeness (QED) is 0.439. The van der Waals surface area contributed by atoms with Crippen LogP contribution in [-0.4, -0.2) is 14.0 Å². The summed E-state index contributed by atoms with van der Waals surface area (Å²) < 4.78 is 29.9. The first-order chi connectivity index (χ1) is 2.94. The predicted octanol–water partition coefficient (Wildman–Crippen LogP) is 2.27. The van der Waals surface area contributed by atoms with E-state index in [1.54, 1.807) is 0 Å². The molecule has 4 heteroatoms. The number of hydrogen-bond acceptors (Lipinski definition) is 0. The molecule has 46 valence electrons. The molecule has 0 heterocycles. The summed E-state index contributed by atoms with van der Waals surface area (Å²) >= 11 is -2.51. The van der Waals surface area contributed by atoms with Crippen LogP contribution >= 0.6 is 19.8 Å². The third-order valence-corrected chi connectivity index (χ3v) is 2.87. The number of halogens is 4. The van der Waals surface area contributed by atoms with Gasteiger partial charge in [-0.3, -0.25) is 0 Å². The van der Waals surface area contributed by atoms with E-state index in [9.17, 15) is 13.2 Å². The fourth-order valence-corrected chi connectivity index (χ4v) is 0. The number of hydrogen-bond donors (Lipinski definition) is 0. The van der Waals surface area contributed by atoms with Crippen LogP contribution in [0.5, 0.6) is 0 Å². The van der Waals surface area contributed by atoms with E-state index in [4.69, 9.17) is 0 Å². The molecular formula is C3H6F3I. The molecule has 0 unspecified atom stereocenters. The van der Waals surface area contributed by atoms with Crippen LogP contribution in [0.25, 0.3) is 0 Å². The molecule has 0 atom stereocenters. The molecule has 0 saturated carbocycles. The zero-order chi connectivity index (χ0) is 6.08. The van der Waals surface area contributed by atoms with Crippen molar-refractivity contribution in [2.24, 2.45) is 0 Å². The molecule has 0 bridgehead atoms. The Balaban J connectivity index is 3.54. The van der Waals surface area contributed by atoms with Crippen LogP contribution in [0.15, 0.2) is 0 Å². The first-order valence-corrected chi connectivity index (χ1v) is 6.91. The van der Waals surface area contributed by atoms with Crippen molar-refractivity contribution in [3.05, 3.63) is 0 Å². The molecule has 0 aromatic heterocycles. The topological polar surface area (TPSA) is 0 Å². The Hall–Kier alpha value is 0.520. The third-order valence-electron chi connectivity index (χ3n) is 0.429. The van der Waals surface area contributed by atoms with Gasteiger partial charge in [-0.15, -0.1) is 0 Å². The predicted molar refractivity (Wildman–Crippen MR) is 31.9 cm³/mol. The van der Waals surface area contributed by atoms with Gasteiger partial charge in [0.05, 0.1) is 0 Å². The van der Waals surface area contributed by atoms with Crippen molar-refractivity contribution in [1.29, 1.82) is 0 Å². The van der Waals surface area contributed by atoms with Crippen molar-refractivity contribution >= 4 is 19.8 Å². The molecule has 0 saturated heterocycles. The fourth-order valence-electron chi connectivity index (χ4n) is 0. The van der Waals surface area contributed by atoms with E-state index in [0.29, 0.717) is 0 Å². The van der Waals surface area contributed by atoms with Crippen LogP contribution in [-0.2, 0) is 0 Å². The summed E-state index contributed by atoms with van der Waals surface area (Å²) in [6.07, 6.45) is 0. The van der Waals surface area contributed by atoms with Gasteiger partial charge >= 0.3 is 47.0 Å². The Labute approximate surface area is 47.5 Å². The third kappa shape index (κ3) is 3.13. The molecule has 0 aromatic carbocycles. The minimum absolute atomic E-state index is 1.28. The van der Waals surface area contributed by atoms with E-state index in [1.807, 2.05) is 0 Å². The molecule has 0 aliphatic carbocycles. The average molecular weight is 226 g/mol. The van der Waals surface area contributed by atoms with Crippen LogP contribution in [0.4, 0.5) is 13.2 Å². The van der Waals surface area contributed by atoms with Crippen LogP contribution in [0.2, 0.25) is 0 Å². The second-order valence-corrected chi connectivity index (χ2v) is 6.72. The molecule has 0 N–H and O–H groups in total. The standard InChI is InChI=1S/C3H6F3I/c1-7(2)3(4,5)6/h1-2H3. The fraction of sp³-hybridized carbons (Fsp3) is 1.00. The van der Waals surface area contributed by atoms with Gasteiger partial charge in [-0.25, -0.2) is 0 Å². The average Bonchev–Trinajstić information content (AvgIpc) is 1.31. The van der Waals surface area contributed by atoms with Gasteiger partial charge in [0.1, 0.15) is 0 Å². The van der Waals surface area contributed by atoms with Crippen molar-refractivity contribution in [3.63, 3.8) is 0 Å². The minimum atomic E-state index is -3.84. The van der Waals surface area contributed by atoms with Crippen molar-refractivity contribution in [1.82, 2.24) is 0 Å². The molecule has 0 aromatic rings. The zero-order valence-corrected chi connectivity index (χ0v) is 6.17. The zero-order valence-electron chi connectivity index (χ0n) is 4.01. The summed E-state index contributed by atoms with van der Waals surface area (Å²) in [7, 11) is 0. The van der Waals surface area contributed by atoms with Gasteiger partial charge in [0.15, 0.2) is 0 Å². The van der Waals surface area contributed by atoms with Crippen LogP contribution < -0.4 is 0 Å². The summed E-state index contributed by atoms with van der Waals surface area (Å²) in [5.74, 6) is 0. The van der Waals surface area contributed by atoms with Crippen LogP contribution in [0, 0.1) is 0 Å². The molecule has 0 spiro atoms. The maximum atomic E-state index is 11.2. The molecule has 0 aliphatic heterocycles. The Kier molecular flexibility index (Phi) is 2.35. The van der Waals surface area contributed by atoms with Crippen LogP contribution in [0.1, 0.15) is 0 Å². The summed E-state index contributed by atoms with van der Waals surface area (Å²) in [5.41, 5.74) is 0. The summed E-state index contributed by atoms with van der Waals surface area (Å²) in [5, 5.41) is 0. The van der Waals surface area contributed by atoms with Crippen LogP contribution in [0.3, 0.4) is 0 Å². The van der Waals surface area contributed by atoms with Gasteiger partial charge in [0.25, 0.3) is 0 Å². The SMILES string of the molecule is CI(C)C(F)(F)F. The van der Waals surface area contributed by atoms with Crippen molar-refractivity contribution < 1.29 is 13.2 Å². The van der Waals surface area contributed by atoms with Crippen molar-refractivity contribution in [2.45, 2.75) is 4.18 Å². The van der Waals surface area contributed by atoms with Gasteiger partial charge in [-0.2, -0.15) is 0 Å². The van der Waals surface area contributed by atoms with E-state index >= 15 is 0 Å². The van der Waals surface area contributed by atoms with E-state index in [2.05, 4.69) is 0 Å². The molecule has 0 nitrogen and oxygen atoms in total. The van der Waals surface area contributed by atoms with Gasteiger partial charge in [0.2, 0.25) is 0 Å². The second kappa shape index (κ2) is 2.19. The van der Waals surface area contributed by atoms with Gasteiger partial charge in [-0.1, -0.05) is 0 Å². The molecule has 7 heavy (non-hydrogen) atoms. The molecule has 0 radical (unpaired) electrons. The normalized spacial score (nSPS) is 14.1. The molecule has 0 amide bonds. The van der Waals surface area contributed by atoms with E-state index < -0.39 is 24.0 Å². The second-order valence-electron chi connectivity index (χ2n) is 1.18.